The molecule has 6 nitrogen and oxygen atoms in total. The first kappa shape index (κ1) is 61.3. The normalized spacial score (nSPS) is 13.8. The highest BCUT2D eigenvalue weighted by atomic mass is 16.5. The highest BCUT2D eigenvalue weighted by molar-refractivity contribution is 5.77. The molecule has 0 spiro atoms. The Labute approximate surface area is 396 Å². The number of amides is 1. The quantitative estimate of drug-likeness (QED) is 0.0321. The lowest BCUT2D eigenvalue weighted by Gasteiger charge is -2.24. The Hall–Kier alpha value is -2.70. The molecule has 0 radical (unpaired) electrons. The SMILES string of the molecule is CC/C=C\C/C=C\C/C=C\C/C=C\C/C=C\CCCC(=O)OC(CCC/C=C\CCCCCCCC)CC(=O)NC(CO)C(O)CCCCCCCCCCCCCCCCCCC. The van der Waals surface area contributed by atoms with Crippen molar-refractivity contribution in [1.29, 1.82) is 0 Å². The van der Waals surface area contributed by atoms with Crippen molar-refractivity contribution < 1.29 is 24.5 Å². The molecule has 1 amide bonds. The average Bonchev–Trinajstić information content (AvgIpc) is 3.29. The van der Waals surface area contributed by atoms with Gasteiger partial charge in [0.1, 0.15) is 6.10 Å². The number of carbonyl (C=O) groups excluding carboxylic acids is 2. The molecular weight excluding hydrogens is 791 g/mol. The predicted octanol–water partition coefficient (Wildman–Crippen LogP) is 16.6. The molecule has 64 heavy (non-hydrogen) atoms. The fraction of sp³-hybridized carbons (Fsp3) is 0.759. The summed E-state index contributed by atoms with van der Waals surface area (Å²) in [6.07, 6.45) is 65.5. The van der Waals surface area contributed by atoms with Crippen molar-refractivity contribution in [3.63, 3.8) is 0 Å². The average molecular weight is 894 g/mol. The number of aliphatic hydroxyl groups is 2. The standard InChI is InChI=1S/C58H103NO5/c1-4-7-10-13-16-19-22-24-26-28-30-32-35-38-41-44-47-50-56(61)55(53-60)59-57(62)52-54(49-46-43-40-37-34-21-18-15-12-9-6-3)64-58(63)51-48-45-42-39-36-33-31-29-27-25-23-20-17-14-11-8-5-2/h8,11,17,20,25,27,31,33,37,39-40,42,54-56,60-61H,4-7,9-10,12-16,18-19,21-24,26,28-30,32,34-36,38,41,43-53H2,1-3H3,(H,59,62)/b11-8-,20-17-,27-25-,33-31-,40-37-,42-39-. The fourth-order valence-electron chi connectivity index (χ4n) is 7.94. The second kappa shape index (κ2) is 51.3. The van der Waals surface area contributed by atoms with E-state index in [4.69, 9.17) is 4.74 Å². The van der Waals surface area contributed by atoms with E-state index in [0.29, 0.717) is 25.7 Å². The molecular formula is C58H103NO5. The summed E-state index contributed by atoms with van der Waals surface area (Å²) in [5.41, 5.74) is 0. The van der Waals surface area contributed by atoms with E-state index in [1.54, 1.807) is 0 Å². The van der Waals surface area contributed by atoms with Gasteiger partial charge in [-0.2, -0.15) is 0 Å². The van der Waals surface area contributed by atoms with Crippen molar-refractivity contribution in [3.05, 3.63) is 72.9 Å². The van der Waals surface area contributed by atoms with Crippen molar-refractivity contribution in [3.8, 4) is 0 Å². The van der Waals surface area contributed by atoms with Crippen LogP contribution in [-0.4, -0.2) is 46.9 Å². The molecule has 3 unspecified atom stereocenters. The minimum absolute atomic E-state index is 0.0321. The molecule has 0 fully saturated rings. The summed E-state index contributed by atoms with van der Waals surface area (Å²) in [7, 11) is 0. The van der Waals surface area contributed by atoms with Gasteiger partial charge < -0.3 is 20.3 Å². The van der Waals surface area contributed by atoms with E-state index in [1.807, 2.05) is 0 Å². The molecule has 3 atom stereocenters. The van der Waals surface area contributed by atoms with Crippen molar-refractivity contribution in [2.75, 3.05) is 6.61 Å². The molecule has 370 valence electrons. The minimum atomic E-state index is -0.806. The summed E-state index contributed by atoms with van der Waals surface area (Å²) >= 11 is 0. The number of carbonyl (C=O) groups is 2. The van der Waals surface area contributed by atoms with Gasteiger partial charge in [-0.1, -0.05) is 235 Å². The van der Waals surface area contributed by atoms with Crippen LogP contribution in [0.2, 0.25) is 0 Å². The van der Waals surface area contributed by atoms with E-state index in [9.17, 15) is 19.8 Å². The van der Waals surface area contributed by atoms with Crippen molar-refractivity contribution in [1.82, 2.24) is 5.32 Å². The number of aliphatic hydroxyl groups excluding tert-OH is 2. The topological polar surface area (TPSA) is 95.9 Å². The van der Waals surface area contributed by atoms with Crippen LogP contribution in [-0.2, 0) is 14.3 Å². The van der Waals surface area contributed by atoms with E-state index in [-0.39, 0.29) is 24.9 Å². The van der Waals surface area contributed by atoms with Gasteiger partial charge in [0.05, 0.1) is 25.2 Å². The van der Waals surface area contributed by atoms with Gasteiger partial charge in [0.25, 0.3) is 0 Å². The van der Waals surface area contributed by atoms with E-state index in [2.05, 4.69) is 99.0 Å². The van der Waals surface area contributed by atoms with Gasteiger partial charge in [0, 0.05) is 6.42 Å². The van der Waals surface area contributed by atoms with Crippen LogP contribution in [0.25, 0.3) is 0 Å². The summed E-state index contributed by atoms with van der Waals surface area (Å²) < 4.78 is 5.89. The maximum absolute atomic E-state index is 13.2. The Bertz CT molecular complexity index is 1190. The maximum Gasteiger partial charge on any atom is 0.306 e. The Morgan fingerprint density at radius 2 is 0.859 bits per heavy atom. The van der Waals surface area contributed by atoms with Crippen LogP contribution in [0, 0.1) is 0 Å². The zero-order valence-electron chi connectivity index (χ0n) is 42.1. The van der Waals surface area contributed by atoms with E-state index < -0.39 is 18.2 Å². The lowest BCUT2D eigenvalue weighted by atomic mass is 10.0. The lowest BCUT2D eigenvalue weighted by molar-refractivity contribution is -0.151. The molecule has 0 aromatic rings. The summed E-state index contributed by atoms with van der Waals surface area (Å²) in [5.74, 6) is -0.572. The van der Waals surface area contributed by atoms with Crippen LogP contribution in [0.1, 0.15) is 258 Å². The Morgan fingerprint density at radius 1 is 0.469 bits per heavy atom. The van der Waals surface area contributed by atoms with Gasteiger partial charge in [-0.25, -0.2) is 0 Å². The third-order valence-corrected chi connectivity index (χ3v) is 12.0. The number of hydrogen-bond donors (Lipinski definition) is 3. The Balaban J connectivity index is 4.59. The smallest absolute Gasteiger partial charge is 0.306 e. The van der Waals surface area contributed by atoms with Gasteiger partial charge in [0.15, 0.2) is 0 Å². The van der Waals surface area contributed by atoms with Gasteiger partial charge in [-0.15, -0.1) is 0 Å². The number of nitrogens with one attached hydrogen (secondary N) is 1. The summed E-state index contributed by atoms with van der Waals surface area (Å²) in [5, 5.41) is 23.8. The molecule has 0 aromatic heterocycles. The number of rotatable bonds is 48. The monoisotopic (exact) mass is 894 g/mol. The minimum Gasteiger partial charge on any atom is -0.462 e. The number of unbranched alkanes of at least 4 members (excludes halogenated alkanes) is 24. The van der Waals surface area contributed by atoms with Crippen LogP contribution in [0.4, 0.5) is 0 Å². The van der Waals surface area contributed by atoms with Gasteiger partial charge in [0.2, 0.25) is 5.91 Å². The first-order valence-corrected chi connectivity index (χ1v) is 27.2. The number of allylic oxidation sites excluding steroid dienone is 12. The number of ether oxygens (including phenoxy) is 1. The highest BCUT2D eigenvalue weighted by Gasteiger charge is 2.24. The Morgan fingerprint density at radius 3 is 1.33 bits per heavy atom. The highest BCUT2D eigenvalue weighted by Crippen LogP contribution is 2.17. The molecule has 0 aliphatic heterocycles. The van der Waals surface area contributed by atoms with Crippen LogP contribution in [0.3, 0.4) is 0 Å². The zero-order chi connectivity index (χ0) is 46.7. The van der Waals surface area contributed by atoms with Crippen molar-refractivity contribution in [2.24, 2.45) is 0 Å². The molecule has 0 aromatic carbocycles. The summed E-state index contributed by atoms with van der Waals surface area (Å²) in [4.78, 5) is 26.1. The second-order valence-corrected chi connectivity index (χ2v) is 18.2. The van der Waals surface area contributed by atoms with Crippen LogP contribution in [0.5, 0.6) is 0 Å². The Kier molecular flexibility index (Phi) is 49.1. The van der Waals surface area contributed by atoms with Gasteiger partial charge in [-0.3, -0.25) is 9.59 Å². The summed E-state index contributed by atoms with van der Waals surface area (Å²) in [6.45, 7) is 6.35. The van der Waals surface area contributed by atoms with Crippen molar-refractivity contribution in [2.45, 2.75) is 277 Å². The second-order valence-electron chi connectivity index (χ2n) is 18.2. The van der Waals surface area contributed by atoms with Crippen LogP contribution >= 0.6 is 0 Å². The van der Waals surface area contributed by atoms with Crippen molar-refractivity contribution >= 4 is 11.9 Å². The van der Waals surface area contributed by atoms with E-state index in [0.717, 1.165) is 77.0 Å². The third-order valence-electron chi connectivity index (χ3n) is 12.0. The third kappa shape index (κ3) is 45.9. The maximum atomic E-state index is 13.2. The zero-order valence-corrected chi connectivity index (χ0v) is 42.1. The molecule has 0 bridgehead atoms. The lowest BCUT2D eigenvalue weighted by Crippen LogP contribution is -2.46. The van der Waals surface area contributed by atoms with Gasteiger partial charge >= 0.3 is 5.97 Å². The molecule has 6 heteroatoms. The molecule has 0 aliphatic carbocycles. The molecule has 0 saturated carbocycles. The van der Waals surface area contributed by atoms with E-state index >= 15 is 0 Å². The van der Waals surface area contributed by atoms with E-state index in [1.165, 1.54) is 128 Å². The predicted molar refractivity (Wildman–Crippen MR) is 278 cm³/mol. The van der Waals surface area contributed by atoms with Gasteiger partial charge in [-0.05, 0) is 83.5 Å². The van der Waals surface area contributed by atoms with Crippen LogP contribution in [0.15, 0.2) is 72.9 Å². The number of esters is 1. The number of hydrogen-bond acceptors (Lipinski definition) is 5. The first-order valence-electron chi connectivity index (χ1n) is 27.2. The first-order chi connectivity index (χ1) is 31.5. The molecule has 3 N–H and O–H groups in total. The molecule has 0 rings (SSSR count). The molecule has 0 saturated heterocycles. The fourth-order valence-corrected chi connectivity index (χ4v) is 7.94. The van der Waals surface area contributed by atoms with Crippen LogP contribution < -0.4 is 5.32 Å². The largest absolute Gasteiger partial charge is 0.462 e. The molecule has 0 heterocycles. The molecule has 0 aliphatic rings. The summed E-state index contributed by atoms with van der Waals surface area (Å²) in [6, 6.07) is -0.724.